The molecule has 2 rings (SSSR count). The fourth-order valence-electron chi connectivity index (χ4n) is 2.56. The first kappa shape index (κ1) is 16.0. The largest absolute Gasteiger partial charge is 0.396 e. The normalized spacial score (nSPS) is 12.5. The number of nitrogens with one attached hydrogen (secondary N) is 1. The van der Waals surface area contributed by atoms with Gasteiger partial charge < -0.3 is 16.2 Å². The maximum atomic E-state index is 9.15. The van der Waals surface area contributed by atoms with Crippen LogP contribution in [0.3, 0.4) is 0 Å². The van der Waals surface area contributed by atoms with Crippen molar-refractivity contribution in [1.82, 2.24) is 4.98 Å². The number of halogens is 1. The molecule has 0 radical (unpaired) electrons. The number of hydrogen-bond donors (Lipinski definition) is 3. The molecule has 114 valence electrons. The zero-order valence-electron chi connectivity index (χ0n) is 12.3. The molecule has 5 heteroatoms. The Hall–Kier alpha value is -1.33. The number of hydrogen-bond acceptors (Lipinski definition) is 4. The molecule has 1 aromatic carbocycles. The molecule has 21 heavy (non-hydrogen) atoms. The monoisotopic (exact) mass is 351 g/mol. The van der Waals surface area contributed by atoms with E-state index in [2.05, 4.69) is 33.2 Å². The summed E-state index contributed by atoms with van der Waals surface area (Å²) in [7, 11) is 0. The van der Waals surface area contributed by atoms with E-state index in [-0.39, 0.29) is 6.61 Å². The van der Waals surface area contributed by atoms with Crippen LogP contribution in [-0.2, 0) is 0 Å². The molecule has 0 saturated heterocycles. The van der Waals surface area contributed by atoms with Crippen molar-refractivity contribution in [3.63, 3.8) is 0 Å². The number of nitrogens with two attached hydrogens (primary N) is 1. The van der Waals surface area contributed by atoms with E-state index in [1.165, 1.54) is 0 Å². The molecule has 2 aromatic rings. The van der Waals surface area contributed by atoms with Gasteiger partial charge in [0.25, 0.3) is 0 Å². The van der Waals surface area contributed by atoms with Crippen molar-refractivity contribution in [2.75, 3.05) is 24.2 Å². The predicted octanol–water partition coefficient (Wildman–Crippen LogP) is 3.79. The molecule has 0 amide bonds. The van der Waals surface area contributed by atoms with Crippen molar-refractivity contribution in [3.8, 4) is 0 Å². The van der Waals surface area contributed by atoms with Crippen molar-refractivity contribution in [3.05, 3.63) is 28.9 Å². The topological polar surface area (TPSA) is 71.2 Å². The Morgan fingerprint density at radius 2 is 2.19 bits per heavy atom. The second-order valence-electron chi connectivity index (χ2n) is 5.30. The lowest BCUT2D eigenvalue weighted by molar-refractivity contribution is 0.255. The highest BCUT2D eigenvalue weighted by atomic mass is 79.9. The first-order valence-electron chi connectivity index (χ1n) is 7.34. The lowest BCUT2D eigenvalue weighted by atomic mass is 10.00. The molecule has 0 fully saturated rings. The van der Waals surface area contributed by atoms with Gasteiger partial charge >= 0.3 is 0 Å². The van der Waals surface area contributed by atoms with Gasteiger partial charge in [-0.2, -0.15) is 0 Å². The van der Waals surface area contributed by atoms with Gasteiger partial charge in [0.1, 0.15) is 0 Å². The standard InChI is InChI=1S/C16H22BrN3O/c1-2-3-11(6-7-21)9-20-16-13-8-12(17)4-5-15(13)19-10-14(16)18/h4-5,8,10-11,21H,2-3,6-7,9,18H2,1H3,(H,19,20). The summed E-state index contributed by atoms with van der Waals surface area (Å²) < 4.78 is 1.01. The Balaban J connectivity index is 2.24. The van der Waals surface area contributed by atoms with Crippen LogP contribution in [0, 0.1) is 5.92 Å². The van der Waals surface area contributed by atoms with Crippen molar-refractivity contribution >= 4 is 38.2 Å². The molecule has 1 unspecified atom stereocenters. The number of pyridine rings is 1. The van der Waals surface area contributed by atoms with Gasteiger partial charge in [-0.15, -0.1) is 0 Å². The molecule has 0 saturated carbocycles. The number of aliphatic hydroxyl groups excluding tert-OH is 1. The zero-order chi connectivity index (χ0) is 15.2. The third kappa shape index (κ3) is 4.08. The van der Waals surface area contributed by atoms with E-state index in [9.17, 15) is 0 Å². The van der Waals surface area contributed by atoms with Crippen LogP contribution in [0.2, 0.25) is 0 Å². The Morgan fingerprint density at radius 3 is 2.90 bits per heavy atom. The molecule has 4 nitrogen and oxygen atoms in total. The second-order valence-corrected chi connectivity index (χ2v) is 6.21. The molecular weight excluding hydrogens is 330 g/mol. The highest BCUT2D eigenvalue weighted by Crippen LogP contribution is 2.30. The number of aliphatic hydroxyl groups is 1. The molecular formula is C16H22BrN3O. The lowest BCUT2D eigenvalue weighted by Crippen LogP contribution is -2.16. The van der Waals surface area contributed by atoms with E-state index < -0.39 is 0 Å². The molecule has 4 N–H and O–H groups in total. The van der Waals surface area contributed by atoms with Crippen molar-refractivity contribution < 1.29 is 5.11 Å². The summed E-state index contributed by atoms with van der Waals surface area (Å²) in [5, 5.41) is 13.6. The average Bonchev–Trinajstić information content (AvgIpc) is 2.46. The fraction of sp³-hybridized carbons (Fsp3) is 0.438. The van der Waals surface area contributed by atoms with Gasteiger partial charge in [-0.25, -0.2) is 0 Å². The van der Waals surface area contributed by atoms with Crippen LogP contribution in [0.1, 0.15) is 26.2 Å². The Bertz CT molecular complexity index is 592. The van der Waals surface area contributed by atoms with Gasteiger partial charge in [0.2, 0.25) is 0 Å². The molecule has 0 bridgehead atoms. The molecule has 0 aliphatic carbocycles. The number of anilines is 2. The van der Waals surface area contributed by atoms with Crippen LogP contribution in [0.4, 0.5) is 11.4 Å². The molecule has 0 aliphatic heterocycles. The highest BCUT2D eigenvalue weighted by Gasteiger charge is 2.11. The number of nitrogen functional groups attached to an aromatic ring is 1. The molecule has 1 aromatic heterocycles. The van der Waals surface area contributed by atoms with Gasteiger partial charge in [-0.3, -0.25) is 4.98 Å². The maximum absolute atomic E-state index is 9.15. The van der Waals surface area contributed by atoms with Crippen LogP contribution in [0.15, 0.2) is 28.9 Å². The average molecular weight is 352 g/mol. The summed E-state index contributed by atoms with van der Waals surface area (Å²) in [6.07, 6.45) is 4.72. The van der Waals surface area contributed by atoms with Crippen molar-refractivity contribution in [2.24, 2.45) is 5.92 Å². The number of rotatable bonds is 7. The summed E-state index contributed by atoms with van der Waals surface area (Å²) >= 11 is 3.49. The zero-order valence-corrected chi connectivity index (χ0v) is 13.9. The van der Waals surface area contributed by atoms with Gasteiger partial charge in [0.05, 0.1) is 23.1 Å². The molecule has 0 spiro atoms. The molecule has 1 atom stereocenters. The maximum Gasteiger partial charge on any atom is 0.0743 e. The highest BCUT2D eigenvalue weighted by molar-refractivity contribution is 9.10. The minimum atomic E-state index is 0.227. The van der Waals surface area contributed by atoms with Crippen molar-refractivity contribution in [1.29, 1.82) is 0 Å². The number of fused-ring (bicyclic) bond motifs is 1. The molecule has 0 aliphatic rings. The quantitative estimate of drug-likeness (QED) is 0.709. The molecule has 1 heterocycles. The summed E-state index contributed by atoms with van der Waals surface area (Å²) in [6, 6.07) is 5.98. The van der Waals surface area contributed by atoms with Gasteiger partial charge in [-0.1, -0.05) is 29.3 Å². The minimum absolute atomic E-state index is 0.227. The number of benzene rings is 1. The smallest absolute Gasteiger partial charge is 0.0743 e. The van der Waals surface area contributed by atoms with E-state index >= 15 is 0 Å². The predicted molar refractivity (Wildman–Crippen MR) is 92.4 cm³/mol. The van der Waals surface area contributed by atoms with Crippen molar-refractivity contribution in [2.45, 2.75) is 26.2 Å². The Kier molecular flexibility index (Phi) is 5.82. The third-order valence-electron chi connectivity index (χ3n) is 3.66. The van der Waals surface area contributed by atoms with Crippen LogP contribution < -0.4 is 11.1 Å². The SMILES string of the molecule is CCCC(CCO)CNc1c(N)cnc2ccc(Br)cc12. The van der Waals surface area contributed by atoms with Gasteiger partial charge in [0, 0.05) is 23.0 Å². The van der Waals surface area contributed by atoms with E-state index in [1.54, 1.807) is 6.20 Å². The summed E-state index contributed by atoms with van der Waals surface area (Å²) in [5.41, 5.74) is 8.59. The van der Waals surface area contributed by atoms with E-state index in [0.717, 1.165) is 46.9 Å². The lowest BCUT2D eigenvalue weighted by Gasteiger charge is -2.18. The van der Waals surface area contributed by atoms with Crippen LogP contribution in [0.5, 0.6) is 0 Å². The van der Waals surface area contributed by atoms with E-state index in [4.69, 9.17) is 10.8 Å². The first-order chi connectivity index (χ1) is 10.2. The Morgan fingerprint density at radius 1 is 1.38 bits per heavy atom. The second kappa shape index (κ2) is 7.61. The van der Waals surface area contributed by atoms with Crippen LogP contribution >= 0.6 is 15.9 Å². The summed E-state index contributed by atoms with van der Waals surface area (Å²) in [5.74, 6) is 0.453. The van der Waals surface area contributed by atoms with E-state index in [1.807, 2.05) is 18.2 Å². The summed E-state index contributed by atoms with van der Waals surface area (Å²) in [4.78, 5) is 4.36. The van der Waals surface area contributed by atoms with Gasteiger partial charge in [0.15, 0.2) is 0 Å². The van der Waals surface area contributed by atoms with Crippen LogP contribution in [-0.4, -0.2) is 23.2 Å². The third-order valence-corrected chi connectivity index (χ3v) is 4.15. The summed E-state index contributed by atoms with van der Waals surface area (Å²) in [6.45, 7) is 3.20. The minimum Gasteiger partial charge on any atom is -0.396 e. The first-order valence-corrected chi connectivity index (χ1v) is 8.13. The van der Waals surface area contributed by atoms with Crippen LogP contribution in [0.25, 0.3) is 10.9 Å². The fourth-order valence-corrected chi connectivity index (χ4v) is 2.92. The Labute approximate surface area is 133 Å². The number of aromatic nitrogens is 1. The number of nitrogens with zero attached hydrogens (tertiary/aromatic N) is 1. The van der Waals surface area contributed by atoms with E-state index in [0.29, 0.717) is 11.6 Å². The van der Waals surface area contributed by atoms with Gasteiger partial charge in [-0.05, 0) is 37.0 Å².